The second-order valence-electron chi connectivity index (χ2n) is 7.03. The highest BCUT2D eigenvalue weighted by Gasteiger charge is 2.30. The Hall–Kier alpha value is -2.94. The van der Waals surface area contributed by atoms with Gasteiger partial charge in [-0.1, -0.05) is 25.1 Å². The van der Waals surface area contributed by atoms with Crippen LogP contribution >= 0.6 is 0 Å². The van der Waals surface area contributed by atoms with Gasteiger partial charge in [0.05, 0.1) is 23.2 Å². The molecule has 2 amide bonds. The summed E-state index contributed by atoms with van der Waals surface area (Å²) >= 11 is 0. The predicted octanol–water partition coefficient (Wildman–Crippen LogP) is 3.15. The number of carbonyl (C=O) groups is 2. The Morgan fingerprint density at radius 3 is 2.37 bits per heavy atom. The first-order chi connectivity index (χ1) is 14.0. The van der Waals surface area contributed by atoms with Crippen LogP contribution in [0, 0.1) is 5.82 Å². The summed E-state index contributed by atoms with van der Waals surface area (Å²) in [5.41, 5.74) is 0.542. The summed E-state index contributed by atoms with van der Waals surface area (Å²) in [6.45, 7) is 5.19. The van der Waals surface area contributed by atoms with Crippen molar-refractivity contribution < 1.29 is 22.4 Å². The monoisotopic (exact) mass is 435 g/mol. The first-order valence-electron chi connectivity index (χ1n) is 9.50. The van der Waals surface area contributed by atoms with E-state index >= 15 is 0 Å². The summed E-state index contributed by atoms with van der Waals surface area (Å²) in [7, 11) is -3.89. The first kappa shape index (κ1) is 23.3. The summed E-state index contributed by atoms with van der Waals surface area (Å²) in [5.74, 6) is -1.63. The average molecular weight is 436 g/mol. The van der Waals surface area contributed by atoms with Crippen LogP contribution in [0.15, 0.2) is 48.5 Å². The lowest BCUT2D eigenvalue weighted by Crippen LogP contribution is -2.45. The summed E-state index contributed by atoms with van der Waals surface area (Å²) in [4.78, 5) is 25.4. The SMILES string of the molecule is CC[C@H](C)NC(=O)c1ccccc1NC(=O)[C@H](C)N(c1cccc(F)c1)S(C)(=O)=O. The van der Waals surface area contributed by atoms with E-state index in [1.807, 2.05) is 13.8 Å². The molecule has 2 aromatic rings. The van der Waals surface area contributed by atoms with Crippen molar-refractivity contribution in [3.8, 4) is 0 Å². The van der Waals surface area contributed by atoms with E-state index in [1.54, 1.807) is 24.3 Å². The highest BCUT2D eigenvalue weighted by molar-refractivity contribution is 7.92. The van der Waals surface area contributed by atoms with Gasteiger partial charge in [-0.25, -0.2) is 12.8 Å². The normalized spacial score (nSPS) is 13.2. The number of anilines is 2. The van der Waals surface area contributed by atoms with Gasteiger partial charge in [-0.15, -0.1) is 0 Å². The molecule has 0 spiro atoms. The number of benzene rings is 2. The van der Waals surface area contributed by atoms with E-state index in [0.717, 1.165) is 23.0 Å². The number of halogens is 1. The van der Waals surface area contributed by atoms with Crippen molar-refractivity contribution in [1.29, 1.82) is 0 Å². The van der Waals surface area contributed by atoms with E-state index in [2.05, 4.69) is 10.6 Å². The van der Waals surface area contributed by atoms with Crippen LogP contribution in [0.3, 0.4) is 0 Å². The lowest BCUT2D eigenvalue weighted by Gasteiger charge is -2.28. The Morgan fingerprint density at radius 1 is 1.10 bits per heavy atom. The van der Waals surface area contributed by atoms with E-state index in [0.29, 0.717) is 0 Å². The van der Waals surface area contributed by atoms with Gasteiger partial charge in [-0.2, -0.15) is 0 Å². The maximum atomic E-state index is 13.6. The van der Waals surface area contributed by atoms with Crippen molar-refractivity contribution in [3.05, 3.63) is 59.9 Å². The molecule has 0 heterocycles. The number of sulfonamides is 1. The summed E-state index contributed by atoms with van der Waals surface area (Å²) in [6, 6.07) is 10.2. The lowest BCUT2D eigenvalue weighted by atomic mass is 10.1. The average Bonchev–Trinajstić information content (AvgIpc) is 2.67. The Labute approximate surface area is 176 Å². The van der Waals surface area contributed by atoms with Gasteiger partial charge in [0.1, 0.15) is 11.9 Å². The molecule has 162 valence electrons. The molecule has 0 saturated carbocycles. The van der Waals surface area contributed by atoms with E-state index < -0.39 is 27.8 Å². The van der Waals surface area contributed by atoms with Gasteiger partial charge < -0.3 is 10.6 Å². The molecule has 0 aliphatic rings. The van der Waals surface area contributed by atoms with Crippen molar-refractivity contribution in [3.63, 3.8) is 0 Å². The van der Waals surface area contributed by atoms with Crippen molar-refractivity contribution >= 4 is 33.2 Å². The molecule has 0 aromatic heterocycles. The van der Waals surface area contributed by atoms with Crippen LogP contribution in [-0.4, -0.2) is 38.6 Å². The fourth-order valence-electron chi connectivity index (χ4n) is 2.85. The predicted molar refractivity (Wildman–Crippen MR) is 115 cm³/mol. The van der Waals surface area contributed by atoms with Gasteiger partial charge in [0.2, 0.25) is 15.9 Å². The molecule has 0 fully saturated rings. The zero-order valence-electron chi connectivity index (χ0n) is 17.3. The molecule has 7 nitrogen and oxygen atoms in total. The van der Waals surface area contributed by atoms with Gasteiger partial charge >= 0.3 is 0 Å². The van der Waals surface area contributed by atoms with Crippen molar-refractivity contribution in [1.82, 2.24) is 5.32 Å². The number of nitrogens with one attached hydrogen (secondary N) is 2. The maximum absolute atomic E-state index is 13.6. The van der Waals surface area contributed by atoms with Crippen LogP contribution in [0.4, 0.5) is 15.8 Å². The van der Waals surface area contributed by atoms with Crippen LogP contribution < -0.4 is 14.9 Å². The molecule has 0 saturated heterocycles. The molecule has 2 atom stereocenters. The molecule has 0 unspecified atom stereocenters. The van der Waals surface area contributed by atoms with Gasteiger partial charge in [0, 0.05) is 6.04 Å². The number of carbonyl (C=O) groups excluding carboxylic acids is 2. The molecule has 30 heavy (non-hydrogen) atoms. The largest absolute Gasteiger partial charge is 0.350 e. The third-order valence-electron chi connectivity index (χ3n) is 4.57. The van der Waals surface area contributed by atoms with Crippen LogP contribution in [0.2, 0.25) is 0 Å². The van der Waals surface area contributed by atoms with E-state index in [1.165, 1.54) is 25.1 Å². The van der Waals surface area contributed by atoms with Crippen LogP contribution in [0.1, 0.15) is 37.6 Å². The molecule has 9 heteroatoms. The zero-order chi connectivity index (χ0) is 22.5. The summed E-state index contributed by atoms with van der Waals surface area (Å²) < 4.78 is 39.1. The number of hydrogen-bond donors (Lipinski definition) is 2. The van der Waals surface area contributed by atoms with Crippen LogP contribution in [0.5, 0.6) is 0 Å². The molecule has 2 aromatic carbocycles. The Bertz CT molecular complexity index is 1030. The van der Waals surface area contributed by atoms with Gasteiger partial charge in [-0.05, 0) is 50.6 Å². The smallest absolute Gasteiger partial charge is 0.253 e. The molecule has 2 N–H and O–H groups in total. The fourth-order valence-corrected chi connectivity index (χ4v) is 4.02. The quantitative estimate of drug-likeness (QED) is 0.666. The van der Waals surface area contributed by atoms with Gasteiger partial charge in [0.15, 0.2) is 0 Å². The molecular weight excluding hydrogens is 409 g/mol. The van der Waals surface area contributed by atoms with Gasteiger partial charge in [-0.3, -0.25) is 13.9 Å². The number of amides is 2. The molecule has 0 bridgehead atoms. The zero-order valence-corrected chi connectivity index (χ0v) is 18.2. The Balaban J connectivity index is 2.31. The third-order valence-corrected chi connectivity index (χ3v) is 5.81. The summed E-state index contributed by atoms with van der Waals surface area (Å²) in [6.07, 6.45) is 1.68. The molecule has 0 aliphatic heterocycles. The van der Waals surface area contributed by atoms with E-state index in [4.69, 9.17) is 0 Å². The summed E-state index contributed by atoms with van der Waals surface area (Å²) in [5, 5.41) is 5.45. The molecular formula is C21H26FN3O4S. The number of para-hydroxylation sites is 1. The highest BCUT2D eigenvalue weighted by Crippen LogP contribution is 2.23. The molecule has 0 radical (unpaired) electrons. The van der Waals surface area contributed by atoms with Crippen molar-refractivity contribution in [2.24, 2.45) is 0 Å². The minimum Gasteiger partial charge on any atom is -0.350 e. The fraction of sp³-hybridized carbons (Fsp3) is 0.333. The van der Waals surface area contributed by atoms with Crippen molar-refractivity contribution in [2.45, 2.75) is 39.3 Å². The molecule has 0 aliphatic carbocycles. The third kappa shape index (κ3) is 5.79. The minimum absolute atomic E-state index is 0.0305. The minimum atomic E-state index is -3.89. The number of hydrogen-bond acceptors (Lipinski definition) is 4. The topological polar surface area (TPSA) is 95.6 Å². The first-order valence-corrected chi connectivity index (χ1v) is 11.3. The Kier molecular flexibility index (Phi) is 7.55. The van der Waals surface area contributed by atoms with E-state index in [-0.39, 0.29) is 28.9 Å². The highest BCUT2D eigenvalue weighted by atomic mass is 32.2. The number of rotatable bonds is 8. The van der Waals surface area contributed by atoms with Gasteiger partial charge in [0.25, 0.3) is 5.91 Å². The van der Waals surface area contributed by atoms with Crippen LogP contribution in [-0.2, 0) is 14.8 Å². The number of nitrogens with zero attached hydrogens (tertiary/aromatic N) is 1. The van der Waals surface area contributed by atoms with Crippen LogP contribution in [0.25, 0.3) is 0 Å². The van der Waals surface area contributed by atoms with Crippen molar-refractivity contribution in [2.75, 3.05) is 15.9 Å². The second kappa shape index (κ2) is 9.71. The maximum Gasteiger partial charge on any atom is 0.253 e. The second-order valence-corrected chi connectivity index (χ2v) is 8.89. The standard InChI is InChI=1S/C21H26FN3O4S/c1-5-14(2)23-21(27)18-11-6-7-12-19(18)24-20(26)15(3)25(30(4,28)29)17-10-8-9-16(22)13-17/h6-15H,5H2,1-4H3,(H,23,27)(H,24,26)/t14-,15-/m0/s1. The van der Waals surface area contributed by atoms with E-state index in [9.17, 15) is 22.4 Å². The lowest BCUT2D eigenvalue weighted by molar-refractivity contribution is -0.116. The Morgan fingerprint density at radius 2 is 1.77 bits per heavy atom. The molecule has 2 rings (SSSR count).